The van der Waals surface area contributed by atoms with Crippen molar-refractivity contribution in [1.29, 1.82) is 0 Å². The number of thiazole rings is 1. The minimum absolute atomic E-state index is 0.163. The molecule has 0 saturated carbocycles. The zero-order valence-corrected chi connectivity index (χ0v) is 19.5. The topological polar surface area (TPSA) is 126 Å². The fourth-order valence-electron chi connectivity index (χ4n) is 3.67. The third kappa shape index (κ3) is 4.29. The number of benzene rings is 1. The normalized spacial score (nSPS) is 15.6. The molecule has 1 unspecified atom stereocenters. The molecule has 0 saturated heterocycles. The number of hydrogen-bond acceptors (Lipinski definition) is 9. The maximum atomic E-state index is 13.5. The molecule has 2 aromatic heterocycles. The minimum Gasteiger partial charge on any atom is -0.494 e. The van der Waals surface area contributed by atoms with Crippen LogP contribution in [-0.2, 0) is 9.53 Å². The van der Waals surface area contributed by atoms with Gasteiger partial charge < -0.3 is 13.9 Å². The van der Waals surface area contributed by atoms with Crippen LogP contribution in [0, 0.1) is 10.1 Å². The van der Waals surface area contributed by atoms with E-state index in [-0.39, 0.29) is 22.5 Å². The molecule has 4 rings (SSSR count). The second-order valence-electron chi connectivity index (χ2n) is 7.24. The molecule has 11 heteroatoms. The Hall–Kier alpha value is -3.99. The molecule has 3 heterocycles. The van der Waals surface area contributed by atoms with Crippen LogP contribution in [0.5, 0.6) is 5.75 Å². The molecule has 0 bridgehead atoms. The summed E-state index contributed by atoms with van der Waals surface area (Å²) < 4.78 is 17.6. The van der Waals surface area contributed by atoms with Crippen LogP contribution in [0.1, 0.15) is 38.1 Å². The number of ether oxygens (including phenoxy) is 2. The van der Waals surface area contributed by atoms with Gasteiger partial charge in [-0.1, -0.05) is 23.5 Å². The smallest absolute Gasteiger partial charge is 0.433 e. The Balaban J connectivity index is 1.89. The molecule has 1 aliphatic heterocycles. The highest BCUT2D eigenvalue weighted by atomic mass is 32.1. The first-order chi connectivity index (χ1) is 16.3. The Bertz CT molecular complexity index is 1460. The number of esters is 1. The average molecular weight is 484 g/mol. The molecule has 0 spiro atoms. The average Bonchev–Trinajstić information content (AvgIpc) is 3.39. The van der Waals surface area contributed by atoms with Gasteiger partial charge in [-0.2, -0.15) is 0 Å². The molecule has 1 aromatic carbocycles. The van der Waals surface area contributed by atoms with E-state index in [4.69, 9.17) is 13.9 Å². The zero-order chi connectivity index (χ0) is 24.4. The van der Waals surface area contributed by atoms with Gasteiger partial charge in [0.15, 0.2) is 4.80 Å². The number of nitrogens with zero attached hydrogens (tertiary/aromatic N) is 3. The van der Waals surface area contributed by atoms with E-state index in [0.29, 0.717) is 28.4 Å². The number of carbonyl (C=O) groups excluding carboxylic acids is 1. The molecular weight excluding hydrogens is 462 g/mol. The van der Waals surface area contributed by atoms with Gasteiger partial charge in [0, 0.05) is 6.08 Å². The maximum absolute atomic E-state index is 13.5. The first kappa shape index (κ1) is 23.2. The fraction of sp³-hybridized carbons (Fsp3) is 0.261. The van der Waals surface area contributed by atoms with Gasteiger partial charge in [0.2, 0.25) is 0 Å². The molecule has 34 heavy (non-hydrogen) atoms. The molecule has 1 aliphatic rings. The van der Waals surface area contributed by atoms with E-state index in [9.17, 15) is 19.7 Å². The predicted octanol–water partition coefficient (Wildman–Crippen LogP) is 2.70. The molecule has 1 atom stereocenters. The van der Waals surface area contributed by atoms with Crippen molar-refractivity contribution in [3.8, 4) is 5.75 Å². The number of allylic oxidation sites excluding steroid dienone is 1. The lowest BCUT2D eigenvalue weighted by atomic mass is 9.96. The molecule has 0 N–H and O–H groups in total. The molecule has 0 aliphatic carbocycles. The predicted molar refractivity (Wildman–Crippen MR) is 123 cm³/mol. The summed E-state index contributed by atoms with van der Waals surface area (Å²) in [5, 5.41) is 10.9. The Labute approximate surface area is 197 Å². The van der Waals surface area contributed by atoms with Crippen molar-refractivity contribution in [2.75, 3.05) is 13.2 Å². The lowest BCUT2D eigenvalue weighted by Gasteiger charge is -2.24. The molecule has 0 radical (unpaired) electrons. The van der Waals surface area contributed by atoms with Gasteiger partial charge in [-0.25, -0.2) is 9.79 Å². The van der Waals surface area contributed by atoms with Crippen LogP contribution in [0.4, 0.5) is 5.88 Å². The van der Waals surface area contributed by atoms with Gasteiger partial charge in [0.05, 0.1) is 41.1 Å². The Morgan fingerprint density at radius 3 is 2.59 bits per heavy atom. The molecule has 176 valence electrons. The van der Waals surface area contributed by atoms with Crippen molar-refractivity contribution in [1.82, 2.24) is 4.57 Å². The number of fused-ring (bicyclic) bond motifs is 1. The summed E-state index contributed by atoms with van der Waals surface area (Å²) in [5.74, 6) is -0.155. The van der Waals surface area contributed by atoms with Crippen LogP contribution in [0.3, 0.4) is 0 Å². The third-order valence-corrected chi connectivity index (χ3v) is 6.07. The third-order valence-electron chi connectivity index (χ3n) is 5.09. The van der Waals surface area contributed by atoms with Crippen LogP contribution in [-0.4, -0.2) is 28.7 Å². The summed E-state index contributed by atoms with van der Waals surface area (Å²) in [4.78, 5) is 41.5. The summed E-state index contributed by atoms with van der Waals surface area (Å²) in [6.45, 7) is 5.96. The van der Waals surface area contributed by atoms with E-state index in [0.717, 1.165) is 11.3 Å². The van der Waals surface area contributed by atoms with Crippen LogP contribution >= 0.6 is 11.3 Å². The second-order valence-corrected chi connectivity index (χ2v) is 8.25. The van der Waals surface area contributed by atoms with Crippen LogP contribution in [0.25, 0.3) is 6.08 Å². The largest absolute Gasteiger partial charge is 0.494 e. The van der Waals surface area contributed by atoms with Crippen LogP contribution < -0.4 is 19.6 Å². The maximum Gasteiger partial charge on any atom is 0.433 e. The molecule has 3 aromatic rings. The van der Waals surface area contributed by atoms with E-state index in [1.165, 1.54) is 22.8 Å². The highest BCUT2D eigenvalue weighted by Crippen LogP contribution is 2.31. The van der Waals surface area contributed by atoms with E-state index < -0.39 is 28.4 Å². The van der Waals surface area contributed by atoms with E-state index >= 15 is 0 Å². The summed E-state index contributed by atoms with van der Waals surface area (Å²) in [7, 11) is 0. The van der Waals surface area contributed by atoms with Crippen molar-refractivity contribution >= 4 is 29.3 Å². The highest BCUT2D eigenvalue weighted by Gasteiger charge is 2.33. The summed E-state index contributed by atoms with van der Waals surface area (Å²) in [5.41, 5.74) is 0.982. The van der Waals surface area contributed by atoms with E-state index in [2.05, 4.69) is 4.99 Å². The minimum atomic E-state index is -0.765. The standard InChI is InChI=1S/C23H21N3O7S/c1-4-31-15-8-6-14(7-9-15)20-19(22(28)32-5-2)13(3)24-23-25(20)21(27)17(34-23)12-16-10-11-18(33-16)26(29)30/h6-12,20H,4-5H2,1-3H3. The Kier molecular flexibility index (Phi) is 6.46. The zero-order valence-electron chi connectivity index (χ0n) is 18.6. The second kappa shape index (κ2) is 9.48. The van der Waals surface area contributed by atoms with Gasteiger partial charge in [-0.15, -0.1) is 0 Å². The van der Waals surface area contributed by atoms with Gasteiger partial charge in [0.1, 0.15) is 16.4 Å². The Morgan fingerprint density at radius 2 is 1.97 bits per heavy atom. The number of carbonyl (C=O) groups is 1. The monoisotopic (exact) mass is 483 g/mol. The number of furan rings is 1. The number of hydrogen-bond donors (Lipinski definition) is 0. The number of rotatable bonds is 7. The van der Waals surface area contributed by atoms with Crippen molar-refractivity contribution in [2.24, 2.45) is 4.99 Å². The first-order valence-corrected chi connectivity index (χ1v) is 11.3. The summed E-state index contributed by atoms with van der Waals surface area (Å²) in [6.07, 6.45) is 1.43. The van der Waals surface area contributed by atoms with Gasteiger partial charge in [-0.05, 0) is 44.5 Å². The SMILES string of the molecule is CCOC(=O)C1=C(C)N=c2sc(=Cc3ccc([N+](=O)[O-])o3)c(=O)n2C1c1ccc(OCC)cc1. The number of nitro groups is 1. The van der Waals surface area contributed by atoms with E-state index in [1.54, 1.807) is 38.1 Å². The first-order valence-electron chi connectivity index (χ1n) is 10.5. The van der Waals surface area contributed by atoms with Crippen molar-refractivity contribution in [2.45, 2.75) is 26.8 Å². The van der Waals surface area contributed by atoms with Gasteiger partial charge >= 0.3 is 11.9 Å². The molecule has 0 amide bonds. The van der Waals surface area contributed by atoms with E-state index in [1.807, 2.05) is 6.92 Å². The molecule has 10 nitrogen and oxygen atoms in total. The molecule has 0 fully saturated rings. The number of aromatic nitrogens is 1. The van der Waals surface area contributed by atoms with Crippen molar-refractivity contribution < 1.29 is 23.6 Å². The summed E-state index contributed by atoms with van der Waals surface area (Å²) in [6, 6.07) is 8.99. The van der Waals surface area contributed by atoms with Crippen molar-refractivity contribution in [3.05, 3.63) is 88.8 Å². The quantitative estimate of drug-likeness (QED) is 0.287. The lowest BCUT2D eigenvalue weighted by molar-refractivity contribution is -0.402. The summed E-state index contributed by atoms with van der Waals surface area (Å²) >= 11 is 1.10. The Morgan fingerprint density at radius 1 is 1.24 bits per heavy atom. The molecular formula is C23H21N3O7S. The van der Waals surface area contributed by atoms with Gasteiger partial charge in [-0.3, -0.25) is 19.5 Å². The van der Waals surface area contributed by atoms with Gasteiger partial charge in [0.25, 0.3) is 5.56 Å². The fourth-order valence-corrected chi connectivity index (χ4v) is 4.69. The highest BCUT2D eigenvalue weighted by molar-refractivity contribution is 7.07. The lowest BCUT2D eigenvalue weighted by Crippen LogP contribution is -2.39. The van der Waals surface area contributed by atoms with Crippen LogP contribution in [0.2, 0.25) is 0 Å². The van der Waals surface area contributed by atoms with Crippen LogP contribution in [0.15, 0.2) is 61.9 Å². The van der Waals surface area contributed by atoms with Crippen molar-refractivity contribution in [3.63, 3.8) is 0 Å².